The second-order valence-corrected chi connectivity index (χ2v) is 3.78. The summed E-state index contributed by atoms with van der Waals surface area (Å²) < 4.78 is 5.38. The second-order valence-electron chi connectivity index (χ2n) is 3.78. The minimum absolute atomic E-state index is 0.00921. The summed E-state index contributed by atoms with van der Waals surface area (Å²) in [7, 11) is 0. The largest absolute Gasteiger partial charge is 0.478 e. The van der Waals surface area contributed by atoms with Crippen molar-refractivity contribution in [3.8, 4) is 0 Å². The molecule has 0 amide bonds. The predicted molar refractivity (Wildman–Crippen MR) is 49.6 cm³/mol. The van der Waals surface area contributed by atoms with E-state index in [9.17, 15) is 4.79 Å². The maximum Gasteiger partial charge on any atom is 0.330 e. The van der Waals surface area contributed by atoms with Gasteiger partial charge in [0.05, 0.1) is 12.2 Å². The van der Waals surface area contributed by atoms with Crippen molar-refractivity contribution in [2.45, 2.75) is 38.7 Å². The number of carboxylic acids is 1. The fraction of sp³-hybridized carbons (Fsp3) is 0.700. The molecule has 1 fully saturated rings. The van der Waals surface area contributed by atoms with Crippen LogP contribution in [0.25, 0.3) is 0 Å². The zero-order valence-corrected chi connectivity index (χ0v) is 8.17. The Hall–Kier alpha value is -0.830. The molecule has 3 heteroatoms. The molecule has 0 radical (unpaired) electrons. The van der Waals surface area contributed by atoms with Crippen molar-refractivity contribution in [1.82, 2.24) is 0 Å². The highest BCUT2D eigenvalue weighted by Crippen LogP contribution is 2.30. The molecular formula is C10H16O3. The molecule has 0 aromatic carbocycles. The van der Waals surface area contributed by atoms with Crippen LogP contribution in [0.15, 0.2) is 11.6 Å². The summed E-state index contributed by atoms with van der Waals surface area (Å²) in [6.45, 7) is 4.53. The van der Waals surface area contributed by atoms with Crippen molar-refractivity contribution < 1.29 is 14.6 Å². The molecule has 0 saturated carbocycles. The van der Waals surface area contributed by atoms with Gasteiger partial charge >= 0.3 is 5.97 Å². The SMILES string of the molecule is CC(=CCCC1(C)CCO1)C(=O)O. The third kappa shape index (κ3) is 2.84. The molecule has 0 bridgehead atoms. The summed E-state index contributed by atoms with van der Waals surface area (Å²) in [5, 5.41) is 8.58. The van der Waals surface area contributed by atoms with E-state index in [1.807, 2.05) is 0 Å². The number of carboxylic acid groups (broad SMARTS) is 1. The van der Waals surface area contributed by atoms with Crippen LogP contribution in [0, 0.1) is 0 Å². The Bertz CT molecular complexity index is 226. The van der Waals surface area contributed by atoms with Gasteiger partial charge in [-0.1, -0.05) is 6.08 Å². The van der Waals surface area contributed by atoms with Gasteiger partial charge in [-0.25, -0.2) is 4.79 Å². The summed E-state index contributed by atoms with van der Waals surface area (Å²) in [6, 6.07) is 0. The molecule has 74 valence electrons. The van der Waals surface area contributed by atoms with E-state index in [1.165, 1.54) is 0 Å². The molecule has 1 saturated heterocycles. The van der Waals surface area contributed by atoms with Crippen LogP contribution in [0.1, 0.15) is 33.1 Å². The summed E-state index contributed by atoms with van der Waals surface area (Å²) in [4.78, 5) is 10.4. The minimum atomic E-state index is -0.834. The maximum absolute atomic E-state index is 10.4. The number of hydrogen-bond acceptors (Lipinski definition) is 2. The fourth-order valence-corrected chi connectivity index (χ4v) is 1.33. The Kier molecular flexibility index (Phi) is 3.09. The lowest BCUT2D eigenvalue weighted by molar-refractivity contribution is -0.137. The molecule has 1 aliphatic rings. The summed E-state index contributed by atoms with van der Waals surface area (Å²) in [5.41, 5.74) is 0.429. The van der Waals surface area contributed by atoms with E-state index in [4.69, 9.17) is 9.84 Å². The van der Waals surface area contributed by atoms with E-state index in [1.54, 1.807) is 13.0 Å². The molecular weight excluding hydrogens is 168 g/mol. The third-order valence-electron chi connectivity index (χ3n) is 2.54. The molecule has 0 aromatic heterocycles. The van der Waals surface area contributed by atoms with Crippen molar-refractivity contribution in [2.75, 3.05) is 6.61 Å². The third-order valence-corrected chi connectivity index (χ3v) is 2.54. The second kappa shape index (κ2) is 3.92. The van der Waals surface area contributed by atoms with Gasteiger partial charge in [-0.15, -0.1) is 0 Å². The van der Waals surface area contributed by atoms with Crippen molar-refractivity contribution >= 4 is 5.97 Å². The first kappa shape index (κ1) is 10.3. The van der Waals surface area contributed by atoms with Crippen LogP contribution in [0.2, 0.25) is 0 Å². The molecule has 0 spiro atoms. The van der Waals surface area contributed by atoms with Crippen molar-refractivity contribution in [3.63, 3.8) is 0 Å². The molecule has 0 aromatic rings. The van der Waals surface area contributed by atoms with E-state index >= 15 is 0 Å². The van der Waals surface area contributed by atoms with Crippen molar-refractivity contribution in [3.05, 3.63) is 11.6 Å². The number of aliphatic carboxylic acids is 1. The van der Waals surface area contributed by atoms with Crippen LogP contribution in [0.5, 0.6) is 0 Å². The molecule has 1 atom stereocenters. The van der Waals surface area contributed by atoms with E-state index in [2.05, 4.69) is 6.92 Å². The lowest BCUT2D eigenvalue weighted by Gasteiger charge is -2.38. The van der Waals surface area contributed by atoms with Crippen molar-refractivity contribution in [1.29, 1.82) is 0 Å². The standard InChI is InChI=1S/C10H16O3/c1-8(9(11)12)4-3-5-10(2)6-7-13-10/h4H,3,5-7H2,1-2H3,(H,11,12). The van der Waals surface area contributed by atoms with Crippen LogP contribution in [0.3, 0.4) is 0 Å². The quantitative estimate of drug-likeness (QED) is 0.679. The Morgan fingerprint density at radius 1 is 1.69 bits per heavy atom. The molecule has 1 aliphatic heterocycles. The van der Waals surface area contributed by atoms with Crippen LogP contribution in [0.4, 0.5) is 0 Å². The number of ether oxygens (including phenoxy) is 1. The normalized spacial score (nSPS) is 28.3. The van der Waals surface area contributed by atoms with Gasteiger partial charge in [-0.2, -0.15) is 0 Å². The highest BCUT2D eigenvalue weighted by molar-refractivity contribution is 5.85. The van der Waals surface area contributed by atoms with Gasteiger partial charge in [0.1, 0.15) is 0 Å². The predicted octanol–water partition coefficient (Wildman–Crippen LogP) is 1.98. The monoisotopic (exact) mass is 184 g/mol. The first-order valence-corrected chi connectivity index (χ1v) is 4.57. The zero-order valence-electron chi connectivity index (χ0n) is 8.17. The molecule has 0 aliphatic carbocycles. The average Bonchev–Trinajstić information content (AvgIpc) is 2.01. The minimum Gasteiger partial charge on any atom is -0.478 e. The smallest absolute Gasteiger partial charge is 0.330 e. The summed E-state index contributed by atoms with van der Waals surface area (Å²) in [6.07, 6.45) is 4.55. The molecule has 1 rings (SSSR count). The lowest BCUT2D eigenvalue weighted by Crippen LogP contribution is -2.40. The van der Waals surface area contributed by atoms with Crippen molar-refractivity contribution in [2.24, 2.45) is 0 Å². The van der Waals surface area contributed by atoms with Gasteiger partial charge in [-0.05, 0) is 33.1 Å². The van der Waals surface area contributed by atoms with Crippen LogP contribution < -0.4 is 0 Å². The van der Waals surface area contributed by atoms with E-state index < -0.39 is 5.97 Å². The molecule has 3 nitrogen and oxygen atoms in total. The first-order chi connectivity index (χ1) is 6.03. The number of carbonyl (C=O) groups is 1. The molecule has 1 N–H and O–H groups in total. The summed E-state index contributed by atoms with van der Waals surface area (Å²) in [5.74, 6) is -0.834. The topological polar surface area (TPSA) is 46.5 Å². The Balaban J connectivity index is 2.27. The lowest BCUT2D eigenvalue weighted by atomic mass is 9.91. The molecule has 13 heavy (non-hydrogen) atoms. The Morgan fingerprint density at radius 3 is 2.69 bits per heavy atom. The Labute approximate surface area is 78.4 Å². The average molecular weight is 184 g/mol. The van der Waals surface area contributed by atoms with Crippen LogP contribution in [-0.2, 0) is 9.53 Å². The van der Waals surface area contributed by atoms with Gasteiger partial charge in [0.15, 0.2) is 0 Å². The molecule has 1 unspecified atom stereocenters. The number of allylic oxidation sites excluding steroid dienone is 1. The number of rotatable bonds is 4. The summed E-state index contributed by atoms with van der Waals surface area (Å²) >= 11 is 0. The highest BCUT2D eigenvalue weighted by Gasteiger charge is 2.31. The van der Waals surface area contributed by atoms with Gasteiger partial charge < -0.3 is 9.84 Å². The van der Waals surface area contributed by atoms with Gasteiger partial charge in [0.2, 0.25) is 0 Å². The zero-order chi connectivity index (χ0) is 9.90. The highest BCUT2D eigenvalue weighted by atomic mass is 16.5. The number of hydrogen-bond donors (Lipinski definition) is 1. The Morgan fingerprint density at radius 2 is 2.31 bits per heavy atom. The first-order valence-electron chi connectivity index (χ1n) is 4.57. The van der Waals surface area contributed by atoms with E-state index in [-0.39, 0.29) is 5.60 Å². The molecule has 1 heterocycles. The van der Waals surface area contributed by atoms with Gasteiger partial charge in [0.25, 0.3) is 0 Å². The van der Waals surface area contributed by atoms with Crippen LogP contribution in [-0.4, -0.2) is 23.3 Å². The van der Waals surface area contributed by atoms with Gasteiger partial charge in [-0.3, -0.25) is 0 Å². The van der Waals surface area contributed by atoms with E-state index in [0.29, 0.717) is 5.57 Å². The fourth-order valence-electron chi connectivity index (χ4n) is 1.33. The van der Waals surface area contributed by atoms with Crippen LogP contribution >= 0.6 is 0 Å². The maximum atomic E-state index is 10.4. The van der Waals surface area contributed by atoms with E-state index in [0.717, 1.165) is 25.9 Å². The van der Waals surface area contributed by atoms with Gasteiger partial charge in [0, 0.05) is 5.57 Å².